The van der Waals surface area contributed by atoms with Crippen molar-refractivity contribution in [3.8, 4) is 0 Å². The molecule has 0 aliphatic carbocycles. The van der Waals surface area contributed by atoms with Crippen molar-refractivity contribution in [2.75, 3.05) is 45.5 Å². The summed E-state index contributed by atoms with van der Waals surface area (Å²) in [7, 11) is -1.37. The molecule has 0 bridgehead atoms. The second-order valence-corrected chi connectivity index (χ2v) is 9.02. The lowest BCUT2D eigenvalue weighted by atomic mass is 10.1. The van der Waals surface area contributed by atoms with Gasteiger partial charge in [-0.2, -0.15) is 0 Å². The molecule has 1 N–H and O–H groups in total. The highest BCUT2D eigenvalue weighted by Gasteiger charge is 2.30. The molecule has 27 heavy (non-hydrogen) atoms. The highest BCUT2D eigenvalue weighted by atomic mass is 32.2. The highest BCUT2D eigenvalue weighted by molar-refractivity contribution is 7.89. The fourth-order valence-corrected chi connectivity index (χ4v) is 5.08. The van der Waals surface area contributed by atoms with E-state index in [1.54, 1.807) is 19.2 Å². The molecule has 2 atom stereocenters. The highest BCUT2D eigenvalue weighted by Crippen LogP contribution is 2.25. The Morgan fingerprint density at radius 2 is 2.07 bits per heavy atom. The first-order valence-corrected chi connectivity index (χ1v) is 10.8. The number of ether oxygens (including phenoxy) is 1. The summed E-state index contributed by atoms with van der Waals surface area (Å²) in [6.45, 7) is 4.79. The van der Waals surface area contributed by atoms with Crippen LogP contribution in [0.5, 0.6) is 0 Å². The quantitative estimate of drug-likeness (QED) is 0.609. The average molecular weight is 399 g/mol. The Labute approximate surface area is 160 Å². The maximum absolute atomic E-state index is 13.2. The molecule has 2 aliphatic rings. The number of halogens is 1. The van der Waals surface area contributed by atoms with Gasteiger partial charge in [-0.1, -0.05) is 12.1 Å². The van der Waals surface area contributed by atoms with E-state index in [1.807, 2.05) is 6.92 Å². The van der Waals surface area contributed by atoms with E-state index in [2.05, 4.69) is 15.2 Å². The maximum Gasteiger partial charge on any atom is 0.214 e. The molecule has 0 spiro atoms. The van der Waals surface area contributed by atoms with E-state index < -0.39 is 10.0 Å². The van der Waals surface area contributed by atoms with E-state index in [1.165, 1.54) is 16.4 Å². The Morgan fingerprint density at radius 1 is 1.33 bits per heavy atom. The first kappa shape index (κ1) is 20.0. The molecule has 1 aromatic rings. The third kappa shape index (κ3) is 4.97. The average Bonchev–Trinajstić information content (AvgIpc) is 2.97. The minimum Gasteiger partial charge on any atom is -0.367 e. The van der Waals surface area contributed by atoms with Crippen LogP contribution in [-0.2, 0) is 14.8 Å². The van der Waals surface area contributed by atoms with Gasteiger partial charge in [0.2, 0.25) is 10.0 Å². The molecule has 3 rings (SSSR count). The fourth-order valence-electron chi connectivity index (χ4n) is 3.55. The van der Waals surface area contributed by atoms with Crippen molar-refractivity contribution in [2.45, 2.75) is 25.6 Å². The Hall–Kier alpha value is -1.71. The van der Waals surface area contributed by atoms with Crippen LogP contribution in [0.2, 0.25) is 0 Å². The number of nitrogens with zero attached hydrogens (tertiary/aromatic N) is 3. The van der Waals surface area contributed by atoms with Gasteiger partial charge in [0, 0.05) is 33.2 Å². The molecule has 2 saturated heterocycles. The van der Waals surface area contributed by atoms with Crippen molar-refractivity contribution in [3.63, 3.8) is 0 Å². The zero-order chi connectivity index (χ0) is 19.4. The van der Waals surface area contributed by atoms with Gasteiger partial charge in [-0.3, -0.25) is 4.99 Å². The van der Waals surface area contributed by atoms with Crippen molar-refractivity contribution in [2.24, 2.45) is 4.99 Å². The molecule has 1 aromatic carbocycles. The normalized spacial score (nSPS) is 26.3. The van der Waals surface area contributed by atoms with Crippen LogP contribution in [0.3, 0.4) is 0 Å². The van der Waals surface area contributed by atoms with Crippen molar-refractivity contribution >= 4 is 16.0 Å². The summed E-state index contributed by atoms with van der Waals surface area (Å²) in [6.07, 6.45) is 0.510. The first-order chi connectivity index (χ1) is 12.9. The molecule has 0 aromatic heterocycles. The van der Waals surface area contributed by atoms with Gasteiger partial charge in [-0.15, -0.1) is 0 Å². The zero-order valence-electron chi connectivity index (χ0n) is 15.8. The SMILES string of the molecule is CN=C(NCCN1CCCS1(=O)=O)N1CC(C)OC(c2ccc(F)cc2)C1. The topological polar surface area (TPSA) is 74.2 Å². The molecule has 2 unspecified atom stereocenters. The maximum atomic E-state index is 13.2. The van der Waals surface area contributed by atoms with Crippen molar-refractivity contribution in [3.05, 3.63) is 35.6 Å². The summed E-state index contributed by atoms with van der Waals surface area (Å²) in [4.78, 5) is 6.43. The van der Waals surface area contributed by atoms with Gasteiger partial charge in [-0.25, -0.2) is 17.1 Å². The molecule has 0 amide bonds. The summed E-state index contributed by atoms with van der Waals surface area (Å²) in [6, 6.07) is 6.35. The van der Waals surface area contributed by atoms with Crippen LogP contribution in [0.25, 0.3) is 0 Å². The summed E-state index contributed by atoms with van der Waals surface area (Å²) >= 11 is 0. The molecular weight excluding hydrogens is 371 g/mol. The lowest BCUT2D eigenvalue weighted by molar-refractivity contribution is -0.0605. The molecule has 0 saturated carbocycles. The lowest BCUT2D eigenvalue weighted by Crippen LogP contribution is -2.51. The number of morpholine rings is 1. The molecule has 2 aliphatic heterocycles. The van der Waals surface area contributed by atoms with E-state index in [-0.39, 0.29) is 23.8 Å². The Kier molecular flexibility index (Phi) is 6.33. The van der Waals surface area contributed by atoms with E-state index in [4.69, 9.17) is 4.74 Å². The van der Waals surface area contributed by atoms with Gasteiger partial charge in [0.05, 0.1) is 18.4 Å². The number of benzene rings is 1. The Morgan fingerprint density at radius 3 is 2.70 bits per heavy atom. The minimum atomic E-state index is -3.08. The molecule has 9 heteroatoms. The van der Waals surface area contributed by atoms with Crippen LogP contribution >= 0.6 is 0 Å². The number of hydrogen-bond acceptors (Lipinski definition) is 4. The number of sulfonamides is 1. The lowest BCUT2D eigenvalue weighted by Gasteiger charge is -2.38. The predicted molar refractivity (Wildman–Crippen MR) is 103 cm³/mol. The van der Waals surface area contributed by atoms with Crippen LogP contribution in [0.15, 0.2) is 29.3 Å². The monoisotopic (exact) mass is 398 g/mol. The molecule has 2 fully saturated rings. The number of nitrogens with one attached hydrogen (secondary N) is 1. The predicted octanol–water partition coefficient (Wildman–Crippen LogP) is 1.20. The second kappa shape index (κ2) is 8.53. The van der Waals surface area contributed by atoms with Gasteiger partial charge < -0.3 is 15.0 Å². The van der Waals surface area contributed by atoms with Crippen molar-refractivity contribution < 1.29 is 17.5 Å². The van der Waals surface area contributed by atoms with Crippen LogP contribution in [0.4, 0.5) is 4.39 Å². The smallest absolute Gasteiger partial charge is 0.214 e. The van der Waals surface area contributed by atoms with Gasteiger partial charge in [0.15, 0.2) is 5.96 Å². The van der Waals surface area contributed by atoms with E-state index in [0.29, 0.717) is 45.1 Å². The van der Waals surface area contributed by atoms with Crippen LogP contribution in [0.1, 0.15) is 25.0 Å². The Balaban J connectivity index is 1.59. The molecule has 2 heterocycles. The molecular formula is C18H27FN4O3S. The number of aliphatic imine (C=N–C) groups is 1. The zero-order valence-corrected chi connectivity index (χ0v) is 16.6. The summed E-state index contributed by atoms with van der Waals surface area (Å²) in [5, 5.41) is 3.26. The number of rotatable bonds is 4. The van der Waals surface area contributed by atoms with Crippen LogP contribution in [-0.4, -0.2) is 75.2 Å². The van der Waals surface area contributed by atoms with E-state index in [9.17, 15) is 12.8 Å². The second-order valence-electron chi connectivity index (χ2n) is 6.93. The van der Waals surface area contributed by atoms with E-state index >= 15 is 0 Å². The van der Waals surface area contributed by atoms with Gasteiger partial charge in [0.1, 0.15) is 11.9 Å². The number of guanidine groups is 1. The van der Waals surface area contributed by atoms with E-state index in [0.717, 1.165) is 5.56 Å². The molecule has 0 radical (unpaired) electrons. The third-order valence-electron chi connectivity index (χ3n) is 4.86. The van der Waals surface area contributed by atoms with Gasteiger partial charge in [-0.05, 0) is 31.0 Å². The number of hydrogen-bond donors (Lipinski definition) is 1. The standard InChI is InChI=1S/C18H27FN4O3S/c1-14-12-22(13-17(26-14)15-4-6-16(19)7-5-15)18(20-2)21-8-10-23-9-3-11-27(23,24)25/h4-7,14,17H,3,8-13H2,1-2H3,(H,20,21). The first-order valence-electron chi connectivity index (χ1n) is 9.23. The summed E-state index contributed by atoms with van der Waals surface area (Å²) < 4.78 is 44.5. The van der Waals surface area contributed by atoms with Crippen molar-refractivity contribution in [1.82, 2.24) is 14.5 Å². The van der Waals surface area contributed by atoms with Crippen LogP contribution < -0.4 is 5.32 Å². The summed E-state index contributed by atoms with van der Waals surface area (Å²) in [5.74, 6) is 0.685. The van der Waals surface area contributed by atoms with Crippen molar-refractivity contribution in [1.29, 1.82) is 0 Å². The Bertz CT molecular complexity index is 769. The summed E-state index contributed by atoms with van der Waals surface area (Å²) in [5.41, 5.74) is 0.923. The molecule has 150 valence electrons. The van der Waals surface area contributed by atoms with Gasteiger partial charge >= 0.3 is 0 Å². The van der Waals surface area contributed by atoms with Crippen LogP contribution in [0, 0.1) is 5.82 Å². The molecule has 7 nitrogen and oxygen atoms in total. The minimum absolute atomic E-state index is 0.00804. The fraction of sp³-hybridized carbons (Fsp3) is 0.611. The van der Waals surface area contributed by atoms with Gasteiger partial charge in [0.25, 0.3) is 0 Å². The third-order valence-corrected chi connectivity index (χ3v) is 6.82. The largest absolute Gasteiger partial charge is 0.367 e.